The summed E-state index contributed by atoms with van der Waals surface area (Å²) in [6, 6.07) is 3.80. The minimum atomic E-state index is -0.372. The van der Waals surface area contributed by atoms with E-state index < -0.39 is 0 Å². The second-order valence-corrected chi connectivity index (χ2v) is 4.96. The van der Waals surface area contributed by atoms with Gasteiger partial charge in [0.15, 0.2) is 0 Å². The Bertz CT molecular complexity index is 479. The Labute approximate surface area is 111 Å². The zero-order chi connectivity index (χ0) is 12.4. The average molecular weight is 348 g/mol. The Hall–Kier alpha value is -1.18. The van der Waals surface area contributed by atoms with Crippen LogP contribution in [0, 0.1) is 9.39 Å². The number of carbonyl (C=O) groups excluding carboxylic acids is 2. The van der Waals surface area contributed by atoms with Crippen LogP contribution in [0.25, 0.3) is 0 Å². The zero-order valence-corrected chi connectivity index (χ0v) is 11.0. The molecular formula is C11H10FIN2O2. The third kappa shape index (κ3) is 2.93. The first-order chi connectivity index (χ1) is 8.06. The van der Waals surface area contributed by atoms with E-state index in [9.17, 15) is 14.0 Å². The van der Waals surface area contributed by atoms with Gasteiger partial charge in [0.25, 0.3) is 5.91 Å². The lowest BCUT2D eigenvalue weighted by molar-refractivity contribution is -0.119. The maximum absolute atomic E-state index is 12.9. The Morgan fingerprint density at radius 2 is 2.29 bits per heavy atom. The summed E-state index contributed by atoms with van der Waals surface area (Å²) < 4.78 is 13.4. The molecule has 2 N–H and O–H groups in total. The summed E-state index contributed by atoms with van der Waals surface area (Å²) in [5.41, 5.74) is 0.423. The van der Waals surface area contributed by atoms with Crippen molar-refractivity contribution >= 4 is 34.4 Å². The van der Waals surface area contributed by atoms with Crippen LogP contribution >= 0.6 is 22.6 Å². The lowest BCUT2D eigenvalue weighted by atomic mass is 10.2. The highest BCUT2D eigenvalue weighted by atomic mass is 127. The molecule has 1 aliphatic rings. The van der Waals surface area contributed by atoms with Crippen molar-refractivity contribution in [2.24, 2.45) is 0 Å². The molecule has 6 heteroatoms. The molecule has 90 valence electrons. The second-order valence-electron chi connectivity index (χ2n) is 3.80. The Morgan fingerprint density at radius 3 is 2.88 bits per heavy atom. The van der Waals surface area contributed by atoms with Crippen LogP contribution in [0.2, 0.25) is 0 Å². The molecule has 0 aliphatic carbocycles. The Kier molecular flexibility index (Phi) is 3.60. The standard InChI is InChI=1S/C11H10FIN2O2/c12-6-1-2-8(9(13)3-6)11(17)15-7-4-10(16)14-5-7/h1-3,7H,4-5H2,(H,14,16)(H,15,17). The van der Waals surface area contributed by atoms with E-state index in [4.69, 9.17) is 0 Å². The molecule has 1 heterocycles. The number of carbonyl (C=O) groups is 2. The summed E-state index contributed by atoms with van der Waals surface area (Å²) in [7, 11) is 0. The Balaban J connectivity index is 2.07. The monoisotopic (exact) mass is 348 g/mol. The molecule has 1 aromatic rings. The van der Waals surface area contributed by atoms with E-state index in [1.807, 2.05) is 22.6 Å². The van der Waals surface area contributed by atoms with Crippen LogP contribution in [-0.2, 0) is 4.79 Å². The molecule has 1 fully saturated rings. The molecule has 0 bridgehead atoms. The van der Waals surface area contributed by atoms with E-state index >= 15 is 0 Å². The van der Waals surface area contributed by atoms with Crippen molar-refractivity contribution in [3.8, 4) is 0 Å². The fourth-order valence-corrected chi connectivity index (χ4v) is 2.37. The Morgan fingerprint density at radius 1 is 1.53 bits per heavy atom. The fraction of sp³-hybridized carbons (Fsp3) is 0.273. The van der Waals surface area contributed by atoms with Crippen LogP contribution < -0.4 is 10.6 Å². The van der Waals surface area contributed by atoms with E-state index in [0.717, 1.165) is 0 Å². The number of rotatable bonds is 2. The van der Waals surface area contributed by atoms with Crippen molar-refractivity contribution in [2.75, 3.05) is 6.54 Å². The van der Waals surface area contributed by atoms with E-state index in [1.165, 1.54) is 18.2 Å². The molecule has 0 saturated carbocycles. The van der Waals surface area contributed by atoms with E-state index in [0.29, 0.717) is 22.1 Å². The third-order valence-electron chi connectivity index (χ3n) is 2.49. The van der Waals surface area contributed by atoms with Crippen LogP contribution in [0.15, 0.2) is 18.2 Å². The average Bonchev–Trinajstić information content (AvgIpc) is 2.63. The molecule has 1 aromatic carbocycles. The number of nitrogens with one attached hydrogen (secondary N) is 2. The van der Waals surface area contributed by atoms with E-state index in [-0.39, 0.29) is 23.7 Å². The second kappa shape index (κ2) is 4.99. The molecule has 1 aliphatic heterocycles. The maximum Gasteiger partial charge on any atom is 0.252 e. The number of halogens is 2. The fourth-order valence-electron chi connectivity index (χ4n) is 1.64. The summed E-state index contributed by atoms with van der Waals surface area (Å²) in [5.74, 6) is -0.719. The van der Waals surface area contributed by atoms with Gasteiger partial charge in [0, 0.05) is 16.5 Å². The van der Waals surface area contributed by atoms with Gasteiger partial charge in [0.2, 0.25) is 5.91 Å². The molecule has 0 aromatic heterocycles. The number of hydrogen-bond donors (Lipinski definition) is 2. The first-order valence-corrected chi connectivity index (χ1v) is 6.17. The molecule has 17 heavy (non-hydrogen) atoms. The smallest absolute Gasteiger partial charge is 0.252 e. The van der Waals surface area contributed by atoms with E-state index in [2.05, 4.69) is 10.6 Å². The molecular weight excluding hydrogens is 338 g/mol. The van der Waals surface area contributed by atoms with E-state index in [1.54, 1.807) is 0 Å². The summed E-state index contributed by atoms with van der Waals surface area (Å²) in [6.45, 7) is 0.447. The van der Waals surface area contributed by atoms with Crippen LogP contribution in [-0.4, -0.2) is 24.4 Å². The highest BCUT2D eigenvalue weighted by Crippen LogP contribution is 2.14. The molecule has 2 amide bonds. The lowest BCUT2D eigenvalue weighted by Crippen LogP contribution is -2.36. The normalized spacial score (nSPS) is 18.9. The molecule has 0 radical (unpaired) electrons. The van der Waals surface area contributed by atoms with Gasteiger partial charge < -0.3 is 10.6 Å². The highest BCUT2D eigenvalue weighted by Gasteiger charge is 2.23. The van der Waals surface area contributed by atoms with Crippen molar-refractivity contribution in [2.45, 2.75) is 12.5 Å². The van der Waals surface area contributed by atoms with Gasteiger partial charge in [-0.05, 0) is 40.8 Å². The van der Waals surface area contributed by atoms with Gasteiger partial charge in [-0.3, -0.25) is 9.59 Å². The summed E-state index contributed by atoms with van der Waals surface area (Å²) in [5, 5.41) is 5.37. The molecule has 0 spiro atoms. The van der Waals surface area contributed by atoms with Crippen molar-refractivity contribution in [1.82, 2.24) is 10.6 Å². The van der Waals surface area contributed by atoms with Gasteiger partial charge in [-0.15, -0.1) is 0 Å². The van der Waals surface area contributed by atoms with Gasteiger partial charge in [0.1, 0.15) is 5.82 Å². The van der Waals surface area contributed by atoms with Gasteiger partial charge in [0.05, 0.1) is 11.6 Å². The minimum absolute atomic E-state index is 0.0656. The van der Waals surface area contributed by atoms with Gasteiger partial charge >= 0.3 is 0 Å². The summed E-state index contributed by atoms with van der Waals surface area (Å²) in [4.78, 5) is 22.8. The number of benzene rings is 1. The minimum Gasteiger partial charge on any atom is -0.354 e. The SMILES string of the molecule is O=C1CC(NC(=O)c2ccc(F)cc2I)CN1. The van der Waals surface area contributed by atoms with Crippen LogP contribution in [0.3, 0.4) is 0 Å². The van der Waals surface area contributed by atoms with Crippen LogP contribution in [0.5, 0.6) is 0 Å². The predicted molar refractivity (Wildman–Crippen MR) is 68.0 cm³/mol. The number of amides is 2. The first kappa shape index (κ1) is 12.3. The van der Waals surface area contributed by atoms with Crippen molar-refractivity contribution in [3.63, 3.8) is 0 Å². The van der Waals surface area contributed by atoms with Crippen molar-refractivity contribution in [3.05, 3.63) is 33.1 Å². The predicted octanol–water partition coefficient (Wildman–Crippen LogP) is 1.05. The summed E-state index contributed by atoms with van der Waals surface area (Å²) >= 11 is 1.91. The van der Waals surface area contributed by atoms with Gasteiger partial charge in [-0.2, -0.15) is 0 Å². The molecule has 4 nitrogen and oxygen atoms in total. The quantitative estimate of drug-likeness (QED) is 0.785. The number of hydrogen-bond acceptors (Lipinski definition) is 2. The van der Waals surface area contributed by atoms with Crippen molar-refractivity contribution in [1.29, 1.82) is 0 Å². The zero-order valence-electron chi connectivity index (χ0n) is 8.80. The van der Waals surface area contributed by atoms with Gasteiger partial charge in [-0.25, -0.2) is 4.39 Å². The summed E-state index contributed by atoms with van der Waals surface area (Å²) in [6.07, 6.45) is 0.295. The molecule has 1 unspecified atom stereocenters. The molecule has 1 saturated heterocycles. The molecule has 1 atom stereocenters. The highest BCUT2D eigenvalue weighted by molar-refractivity contribution is 14.1. The first-order valence-electron chi connectivity index (χ1n) is 5.09. The molecule has 2 rings (SSSR count). The maximum atomic E-state index is 12.9. The lowest BCUT2D eigenvalue weighted by Gasteiger charge is -2.11. The van der Waals surface area contributed by atoms with Crippen LogP contribution in [0.1, 0.15) is 16.8 Å². The van der Waals surface area contributed by atoms with Crippen molar-refractivity contribution < 1.29 is 14.0 Å². The third-order valence-corrected chi connectivity index (χ3v) is 3.38. The van der Waals surface area contributed by atoms with Gasteiger partial charge in [-0.1, -0.05) is 0 Å². The van der Waals surface area contributed by atoms with Crippen LogP contribution in [0.4, 0.5) is 4.39 Å². The largest absolute Gasteiger partial charge is 0.354 e. The topological polar surface area (TPSA) is 58.2 Å².